The lowest BCUT2D eigenvalue weighted by atomic mass is 9.98. The topological polar surface area (TPSA) is 46.5 Å². The minimum absolute atomic E-state index is 0.233. The predicted octanol–water partition coefficient (Wildman–Crippen LogP) is 2.82. The van der Waals surface area contributed by atoms with Crippen molar-refractivity contribution in [3.05, 3.63) is 34.1 Å². The van der Waals surface area contributed by atoms with Gasteiger partial charge in [-0.15, -0.1) is 0 Å². The van der Waals surface area contributed by atoms with Crippen molar-refractivity contribution in [1.29, 1.82) is 0 Å². The number of esters is 1. The van der Waals surface area contributed by atoms with Crippen LogP contribution in [0.2, 0.25) is 0 Å². The van der Waals surface area contributed by atoms with Gasteiger partial charge in [0.2, 0.25) is 0 Å². The summed E-state index contributed by atoms with van der Waals surface area (Å²) < 4.78 is 17.9. The van der Waals surface area contributed by atoms with Crippen molar-refractivity contribution in [2.24, 2.45) is 5.92 Å². The van der Waals surface area contributed by atoms with Crippen LogP contribution in [0.3, 0.4) is 0 Å². The maximum atomic E-state index is 12.9. The van der Waals surface area contributed by atoms with Gasteiger partial charge in [-0.1, -0.05) is 28.9 Å². The number of methoxy groups -OCH3 is 1. The lowest BCUT2D eigenvalue weighted by Crippen LogP contribution is -2.16. The molecule has 1 N–H and O–H groups in total. The summed E-state index contributed by atoms with van der Waals surface area (Å²) >= 11 is 3.18. The molecule has 5 heteroatoms. The largest absolute Gasteiger partial charge is 0.469 e. The Balaban J connectivity index is 2.76. The fraction of sp³-hybridized carbons (Fsp3) is 0.417. The standard InChI is InChI=1S/C12H14BrFO3/c1-7(12(16)17-2)5-11(15)9-4-3-8(14)6-10(9)13/h3-4,6-7,11,15H,5H2,1-2H3. The first-order chi connectivity index (χ1) is 7.95. The number of aliphatic hydroxyl groups is 1. The Morgan fingerprint density at radius 1 is 1.59 bits per heavy atom. The molecule has 0 heterocycles. The smallest absolute Gasteiger partial charge is 0.308 e. The van der Waals surface area contributed by atoms with Crippen molar-refractivity contribution in [3.63, 3.8) is 0 Å². The third kappa shape index (κ3) is 3.78. The third-order valence-electron chi connectivity index (χ3n) is 2.50. The number of aliphatic hydroxyl groups excluding tert-OH is 1. The summed E-state index contributed by atoms with van der Waals surface area (Å²) in [5.41, 5.74) is 0.558. The van der Waals surface area contributed by atoms with Gasteiger partial charge in [0.1, 0.15) is 5.82 Å². The molecular weight excluding hydrogens is 291 g/mol. The molecule has 0 aliphatic rings. The highest BCUT2D eigenvalue weighted by molar-refractivity contribution is 9.10. The SMILES string of the molecule is COC(=O)C(C)CC(O)c1ccc(F)cc1Br. The Morgan fingerprint density at radius 2 is 2.24 bits per heavy atom. The Morgan fingerprint density at radius 3 is 2.76 bits per heavy atom. The summed E-state index contributed by atoms with van der Waals surface area (Å²) in [5, 5.41) is 9.95. The van der Waals surface area contributed by atoms with E-state index in [9.17, 15) is 14.3 Å². The van der Waals surface area contributed by atoms with Crippen LogP contribution in [0.4, 0.5) is 4.39 Å². The zero-order chi connectivity index (χ0) is 13.0. The van der Waals surface area contributed by atoms with Crippen LogP contribution in [0, 0.1) is 11.7 Å². The van der Waals surface area contributed by atoms with Crippen LogP contribution in [0.5, 0.6) is 0 Å². The number of ether oxygens (including phenoxy) is 1. The average Bonchev–Trinajstić information content (AvgIpc) is 2.27. The maximum Gasteiger partial charge on any atom is 0.308 e. The van der Waals surface area contributed by atoms with E-state index in [-0.39, 0.29) is 18.2 Å². The Labute approximate surface area is 108 Å². The van der Waals surface area contributed by atoms with Crippen LogP contribution in [0.1, 0.15) is 25.0 Å². The van der Waals surface area contributed by atoms with Gasteiger partial charge < -0.3 is 9.84 Å². The minimum atomic E-state index is -0.834. The van der Waals surface area contributed by atoms with E-state index in [1.807, 2.05) is 0 Å². The summed E-state index contributed by atoms with van der Waals surface area (Å²) in [7, 11) is 1.30. The summed E-state index contributed by atoms with van der Waals surface area (Å²) in [4.78, 5) is 11.2. The van der Waals surface area contributed by atoms with Crippen molar-refractivity contribution < 1.29 is 19.0 Å². The molecule has 0 bridgehead atoms. The molecule has 0 aliphatic heterocycles. The van der Waals surface area contributed by atoms with E-state index in [0.717, 1.165) is 0 Å². The molecule has 0 saturated heterocycles. The van der Waals surface area contributed by atoms with Gasteiger partial charge in [-0.3, -0.25) is 4.79 Å². The fourth-order valence-electron chi connectivity index (χ4n) is 1.53. The molecule has 0 aromatic heterocycles. The first-order valence-electron chi connectivity index (χ1n) is 5.16. The molecule has 1 aromatic rings. The Hall–Kier alpha value is -0.940. The van der Waals surface area contributed by atoms with Gasteiger partial charge in [0.25, 0.3) is 0 Å². The van der Waals surface area contributed by atoms with Crippen molar-refractivity contribution in [3.8, 4) is 0 Å². The van der Waals surface area contributed by atoms with Gasteiger partial charge in [-0.2, -0.15) is 0 Å². The van der Waals surface area contributed by atoms with Crippen LogP contribution >= 0.6 is 15.9 Å². The molecule has 94 valence electrons. The number of benzene rings is 1. The number of carbonyl (C=O) groups excluding carboxylic acids is 1. The second kappa shape index (κ2) is 6.12. The molecular formula is C12H14BrFO3. The molecule has 3 nitrogen and oxygen atoms in total. The van der Waals surface area contributed by atoms with Crippen molar-refractivity contribution >= 4 is 21.9 Å². The highest BCUT2D eigenvalue weighted by Crippen LogP contribution is 2.28. The zero-order valence-electron chi connectivity index (χ0n) is 9.61. The Kier molecular flexibility index (Phi) is 5.08. The van der Waals surface area contributed by atoms with Gasteiger partial charge in [0, 0.05) is 4.47 Å². The van der Waals surface area contributed by atoms with Gasteiger partial charge in [-0.25, -0.2) is 4.39 Å². The highest BCUT2D eigenvalue weighted by Gasteiger charge is 2.20. The monoisotopic (exact) mass is 304 g/mol. The number of halogens is 2. The molecule has 2 unspecified atom stereocenters. The quantitative estimate of drug-likeness (QED) is 0.870. The van der Waals surface area contributed by atoms with E-state index in [4.69, 9.17) is 0 Å². The zero-order valence-corrected chi connectivity index (χ0v) is 11.2. The number of carbonyl (C=O) groups is 1. The van der Waals surface area contributed by atoms with E-state index in [1.54, 1.807) is 6.92 Å². The third-order valence-corrected chi connectivity index (χ3v) is 3.19. The van der Waals surface area contributed by atoms with Crippen molar-refractivity contribution in [1.82, 2.24) is 0 Å². The molecule has 0 aliphatic carbocycles. The fourth-order valence-corrected chi connectivity index (χ4v) is 2.15. The van der Waals surface area contributed by atoms with Crippen LogP contribution < -0.4 is 0 Å². The van der Waals surface area contributed by atoms with Crippen LogP contribution in [-0.4, -0.2) is 18.2 Å². The number of rotatable bonds is 4. The van der Waals surface area contributed by atoms with Gasteiger partial charge >= 0.3 is 5.97 Å². The van der Waals surface area contributed by atoms with Gasteiger partial charge in [0.05, 0.1) is 19.1 Å². The molecule has 0 saturated carbocycles. The molecule has 0 amide bonds. The molecule has 2 atom stereocenters. The first kappa shape index (κ1) is 14.1. The van der Waals surface area contributed by atoms with E-state index < -0.39 is 12.0 Å². The van der Waals surface area contributed by atoms with Gasteiger partial charge in [0.15, 0.2) is 0 Å². The predicted molar refractivity (Wildman–Crippen MR) is 64.9 cm³/mol. The average molecular weight is 305 g/mol. The molecule has 0 fully saturated rings. The molecule has 1 rings (SSSR count). The van der Waals surface area contributed by atoms with Crippen molar-refractivity contribution in [2.45, 2.75) is 19.4 Å². The van der Waals surface area contributed by atoms with E-state index >= 15 is 0 Å². The van der Waals surface area contributed by atoms with Gasteiger partial charge in [-0.05, 0) is 24.1 Å². The lowest BCUT2D eigenvalue weighted by Gasteiger charge is -2.16. The normalized spacial score (nSPS) is 14.2. The summed E-state index contributed by atoms with van der Waals surface area (Å²) in [6.45, 7) is 1.67. The number of hydrogen-bond donors (Lipinski definition) is 1. The number of hydrogen-bond acceptors (Lipinski definition) is 3. The highest BCUT2D eigenvalue weighted by atomic mass is 79.9. The summed E-state index contributed by atoms with van der Waals surface area (Å²) in [5.74, 6) is -1.16. The minimum Gasteiger partial charge on any atom is -0.469 e. The summed E-state index contributed by atoms with van der Waals surface area (Å²) in [6.07, 6.45) is -0.601. The van der Waals surface area contributed by atoms with E-state index in [2.05, 4.69) is 20.7 Å². The van der Waals surface area contributed by atoms with Crippen molar-refractivity contribution in [2.75, 3.05) is 7.11 Å². The van der Waals surface area contributed by atoms with E-state index in [1.165, 1.54) is 25.3 Å². The Bertz CT molecular complexity index is 409. The molecule has 1 aromatic carbocycles. The van der Waals surface area contributed by atoms with Crippen LogP contribution in [0.25, 0.3) is 0 Å². The van der Waals surface area contributed by atoms with E-state index in [0.29, 0.717) is 10.0 Å². The second-order valence-electron chi connectivity index (χ2n) is 3.84. The lowest BCUT2D eigenvalue weighted by molar-refractivity contribution is -0.145. The summed E-state index contributed by atoms with van der Waals surface area (Å²) in [6, 6.07) is 4.04. The second-order valence-corrected chi connectivity index (χ2v) is 4.70. The van der Waals surface area contributed by atoms with Crippen LogP contribution in [-0.2, 0) is 9.53 Å². The molecule has 0 radical (unpaired) electrons. The van der Waals surface area contributed by atoms with Crippen LogP contribution in [0.15, 0.2) is 22.7 Å². The molecule has 17 heavy (non-hydrogen) atoms. The maximum absolute atomic E-state index is 12.9. The first-order valence-corrected chi connectivity index (χ1v) is 5.95. The molecule has 0 spiro atoms.